The molecular weight excluding hydrogens is 232 g/mol. The Bertz CT molecular complexity index is 509. The number of hydrogen-bond donors (Lipinski definition) is 2. The molecule has 3 N–H and O–H groups in total. The highest BCUT2D eigenvalue weighted by atomic mass is 16.5. The zero-order valence-corrected chi connectivity index (χ0v) is 9.76. The Morgan fingerprint density at radius 3 is 2.89 bits per heavy atom. The Balaban J connectivity index is 1.91. The number of hydrogen-bond acceptors (Lipinski definition) is 4. The lowest BCUT2D eigenvalue weighted by molar-refractivity contribution is 0.0922. The van der Waals surface area contributed by atoms with Crippen LogP contribution in [0.15, 0.2) is 47.1 Å². The molecule has 0 spiro atoms. The average Bonchev–Trinajstić information content (AvgIpc) is 2.91. The predicted molar refractivity (Wildman–Crippen MR) is 65.3 cm³/mol. The first-order valence-corrected chi connectivity index (χ1v) is 5.49. The number of furan rings is 1. The second-order valence-corrected chi connectivity index (χ2v) is 3.75. The Hall–Kier alpha value is -2.11. The third-order valence-corrected chi connectivity index (χ3v) is 2.41. The summed E-state index contributed by atoms with van der Waals surface area (Å²) in [6.07, 6.45) is 1.60. The number of carbonyl (C=O) groups is 1. The quantitative estimate of drug-likeness (QED) is 0.477. The number of rotatable bonds is 5. The monoisotopic (exact) mass is 246 g/mol. The minimum absolute atomic E-state index is 0.317. The van der Waals surface area contributed by atoms with Gasteiger partial charge in [0.05, 0.1) is 12.9 Å². The summed E-state index contributed by atoms with van der Waals surface area (Å²) in [4.78, 5) is 11.3. The van der Waals surface area contributed by atoms with Crippen LogP contribution in [-0.2, 0) is 18.0 Å². The van der Waals surface area contributed by atoms with Gasteiger partial charge in [0.15, 0.2) is 0 Å². The number of amides is 1. The summed E-state index contributed by atoms with van der Waals surface area (Å²) in [5.74, 6) is 5.53. The molecule has 0 aliphatic heterocycles. The molecular formula is C13H14N2O3. The van der Waals surface area contributed by atoms with Crippen LogP contribution in [0.4, 0.5) is 0 Å². The van der Waals surface area contributed by atoms with Crippen molar-refractivity contribution in [1.29, 1.82) is 0 Å². The van der Waals surface area contributed by atoms with E-state index in [1.165, 1.54) is 0 Å². The average molecular weight is 246 g/mol. The van der Waals surface area contributed by atoms with Gasteiger partial charge in [-0.15, -0.1) is 0 Å². The SMILES string of the molecule is NNC(=O)c1cccc(COCc2ccco2)c1. The first-order chi connectivity index (χ1) is 8.79. The molecule has 1 aromatic carbocycles. The highest BCUT2D eigenvalue weighted by molar-refractivity contribution is 5.93. The molecule has 0 aliphatic rings. The molecule has 0 saturated carbocycles. The van der Waals surface area contributed by atoms with Crippen molar-refractivity contribution in [3.8, 4) is 0 Å². The largest absolute Gasteiger partial charge is 0.467 e. The highest BCUT2D eigenvalue weighted by Crippen LogP contribution is 2.09. The van der Waals surface area contributed by atoms with E-state index in [4.69, 9.17) is 15.0 Å². The number of nitrogen functional groups attached to an aromatic ring is 1. The maximum absolute atomic E-state index is 11.3. The smallest absolute Gasteiger partial charge is 0.265 e. The number of benzene rings is 1. The van der Waals surface area contributed by atoms with E-state index in [0.29, 0.717) is 18.8 Å². The minimum atomic E-state index is -0.317. The second-order valence-electron chi connectivity index (χ2n) is 3.75. The predicted octanol–water partition coefficient (Wildman–Crippen LogP) is 1.60. The van der Waals surface area contributed by atoms with Crippen molar-refractivity contribution in [1.82, 2.24) is 5.43 Å². The minimum Gasteiger partial charge on any atom is -0.467 e. The first kappa shape index (κ1) is 12.3. The fourth-order valence-electron chi connectivity index (χ4n) is 1.55. The fraction of sp³-hybridized carbons (Fsp3) is 0.154. The molecule has 0 saturated heterocycles. The van der Waals surface area contributed by atoms with E-state index in [-0.39, 0.29) is 5.91 Å². The van der Waals surface area contributed by atoms with Gasteiger partial charge in [0.2, 0.25) is 0 Å². The molecule has 94 valence electrons. The Morgan fingerprint density at radius 2 is 2.17 bits per heavy atom. The van der Waals surface area contributed by atoms with Gasteiger partial charge in [0.25, 0.3) is 5.91 Å². The third-order valence-electron chi connectivity index (χ3n) is 2.41. The number of hydrazine groups is 1. The van der Waals surface area contributed by atoms with E-state index in [2.05, 4.69) is 5.43 Å². The molecule has 0 radical (unpaired) electrons. The molecule has 2 aromatic rings. The second kappa shape index (κ2) is 6.00. The molecule has 2 rings (SSSR count). The summed E-state index contributed by atoms with van der Waals surface area (Å²) in [6, 6.07) is 10.8. The van der Waals surface area contributed by atoms with Crippen molar-refractivity contribution in [3.63, 3.8) is 0 Å². The van der Waals surface area contributed by atoms with E-state index in [1.54, 1.807) is 24.5 Å². The van der Waals surface area contributed by atoms with Crippen LogP contribution < -0.4 is 11.3 Å². The number of carbonyl (C=O) groups excluding carboxylic acids is 1. The normalized spacial score (nSPS) is 10.3. The molecule has 0 aliphatic carbocycles. The van der Waals surface area contributed by atoms with Gasteiger partial charge >= 0.3 is 0 Å². The van der Waals surface area contributed by atoms with Gasteiger partial charge in [-0.05, 0) is 29.8 Å². The van der Waals surface area contributed by atoms with Crippen molar-refractivity contribution in [2.45, 2.75) is 13.2 Å². The van der Waals surface area contributed by atoms with Crippen molar-refractivity contribution >= 4 is 5.91 Å². The van der Waals surface area contributed by atoms with Crippen LogP contribution in [0.3, 0.4) is 0 Å². The zero-order valence-electron chi connectivity index (χ0n) is 9.76. The topological polar surface area (TPSA) is 77.5 Å². The van der Waals surface area contributed by atoms with Gasteiger partial charge in [-0.3, -0.25) is 10.2 Å². The molecule has 1 amide bonds. The summed E-state index contributed by atoms with van der Waals surface area (Å²) < 4.78 is 10.6. The molecule has 0 unspecified atom stereocenters. The van der Waals surface area contributed by atoms with Gasteiger partial charge in [-0.1, -0.05) is 12.1 Å². The van der Waals surface area contributed by atoms with E-state index in [1.807, 2.05) is 18.2 Å². The van der Waals surface area contributed by atoms with Crippen LogP contribution in [-0.4, -0.2) is 5.91 Å². The van der Waals surface area contributed by atoms with Crippen LogP contribution in [0.2, 0.25) is 0 Å². The number of nitrogens with one attached hydrogen (secondary N) is 1. The number of ether oxygens (including phenoxy) is 1. The first-order valence-electron chi connectivity index (χ1n) is 5.49. The molecule has 0 fully saturated rings. The van der Waals surface area contributed by atoms with Crippen LogP contribution in [0, 0.1) is 0 Å². The Kier molecular flexibility index (Phi) is 4.11. The number of nitrogens with two attached hydrogens (primary N) is 1. The molecule has 0 atom stereocenters. The van der Waals surface area contributed by atoms with Gasteiger partial charge in [0.1, 0.15) is 12.4 Å². The maximum Gasteiger partial charge on any atom is 0.265 e. The molecule has 5 nitrogen and oxygen atoms in total. The van der Waals surface area contributed by atoms with E-state index >= 15 is 0 Å². The molecule has 18 heavy (non-hydrogen) atoms. The van der Waals surface area contributed by atoms with Crippen molar-refractivity contribution < 1.29 is 13.9 Å². The lowest BCUT2D eigenvalue weighted by atomic mass is 10.1. The van der Waals surface area contributed by atoms with Crippen LogP contribution in [0.1, 0.15) is 21.7 Å². The van der Waals surface area contributed by atoms with Crippen molar-refractivity contribution in [2.24, 2.45) is 5.84 Å². The van der Waals surface area contributed by atoms with Gasteiger partial charge < -0.3 is 9.15 Å². The highest BCUT2D eigenvalue weighted by Gasteiger charge is 2.04. The lowest BCUT2D eigenvalue weighted by Crippen LogP contribution is -2.29. The zero-order chi connectivity index (χ0) is 12.8. The van der Waals surface area contributed by atoms with Gasteiger partial charge in [-0.25, -0.2) is 5.84 Å². The summed E-state index contributed by atoms with van der Waals surface area (Å²) in [6.45, 7) is 0.812. The Labute approximate surface area is 105 Å². The van der Waals surface area contributed by atoms with Gasteiger partial charge in [0, 0.05) is 5.56 Å². The van der Waals surface area contributed by atoms with Crippen LogP contribution in [0.5, 0.6) is 0 Å². The van der Waals surface area contributed by atoms with Gasteiger partial charge in [-0.2, -0.15) is 0 Å². The van der Waals surface area contributed by atoms with Crippen LogP contribution in [0.25, 0.3) is 0 Å². The summed E-state index contributed by atoms with van der Waals surface area (Å²) in [7, 11) is 0. The summed E-state index contributed by atoms with van der Waals surface area (Å²) >= 11 is 0. The lowest BCUT2D eigenvalue weighted by Gasteiger charge is -2.05. The molecule has 5 heteroatoms. The van der Waals surface area contributed by atoms with Crippen molar-refractivity contribution in [2.75, 3.05) is 0 Å². The van der Waals surface area contributed by atoms with Crippen LogP contribution >= 0.6 is 0 Å². The summed E-state index contributed by atoms with van der Waals surface area (Å²) in [5, 5.41) is 0. The third kappa shape index (κ3) is 3.19. The summed E-state index contributed by atoms with van der Waals surface area (Å²) in [5.41, 5.74) is 3.51. The molecule has 1 aromatic heterocycles. The fourth-order valence-corrected chi connectivity index (χ4v) is 1.55. The Morgan fingerprint density at radius 1 is 1.28 bits per heavy atom. The molecule has 0 bridgehead atoms. The van der Waals surface area contributed by atoms with E-state index in [0.717, 1.165) is 11.3 Å². The van der Waals surface area contributed by atoms with Crippen molar-refractivity contribution in [3.05, 3.63) is 59.5 Å². The standard InChI is InChI=1S/C13H14N2O3/c14-15-13(16)11-4-1-3-10(7-11)8-17-9-12-5-2-6-18-12/h1-7H,8-9,14H2,(H,15,16). The maximum atomic E-state index is 11.3. The molecule has 1 heterocycles. The van der Waals surface area contributed by atoms with E-state index < -0.39 is 0 Å². The van der Waals surface area contributed by atoms with E-state index in [9.17, 15) is 4.79 Å².